The van der Waals surface area contributed by atoms with E-state index in [0.717, 1.165) is 6.26 Å². The van der Waals surface area contributed by atoms with Gasteiger partial charge in [-0.15, -0.1) is 0 Å². The third-order valence-corrected chi connectivity index (χ3v) is 5.02. The van der Waals surface area contributed by atoms with Crippen LogP contribution in [-0.2, 0) is 14.8 Å². The molecule has 0 aliphatic carbocycles. The Balaban J connectivity index is 5.37. The maximum atomic E-state index is 12.2. The first-order valence-electron chi connectivity index (χ1n) is 7.33. The molecule has 2 unspecified atom stereocenters. The Hall–Kier alpha value is -0.820. The van der Waals surface area contributed by atoms with Gasteiger partial charge in [0.25, 0.3) is 0 Å². The standard InChI is InChI=1S/C14H30N4O3S/c1-11(13(2,3)4)21-10-12(9-16-17-15)18(14(5,6)7)22(8,19)20/h11-12H,9-10H2,1-8H3. The summed E-state index contributed by atoms with van der Waals surface area (Å²) in [5.41, 5.74) is 7.88. The quantitative estimate of drug-likeness (QED) is 0.406. The number of ether oxygens (including phenoxy) is 1. The monoisotopic (exact) mass is 334 g/mol. The first-order valence-corrected chi connectivity index (χ1v) is 9.18. The van der Waals surface area contributed by atoms with E-state index < -0.39 is 21.6 Å². The van der Waals surface area contributed by atoms with Gasteiger partial charge < -0.3 is 4.74 Å². The van der Waals surface area contributed by atoms with Crippen molar-refractivity contribution in [1.29, 1.82) is 0 Å². The summed E-state index contributed by atoms with van der Waals surface area (Å²) >= 11 is 0. The van der Waals surface area contributed by atoms with Gasteiger partial charge in [-0.1, -0.05) is 25.9 Å². The van der Waals surface area contributed by atoms with E-state index in [9.17, 15) is 8.42 Å². The number of rotatable bonds is 7. The lowest BCUT2D eigenvalue weighted by Crippen LogP contribution is -2.54. The van der Waals surface area contributed by atoms with Crippen molar-refractivity contribution in [2.24, 2.45) is 10.5 Å². The zero-order valence-corrected chi connectivity index (χ0v) is 15.8. The topological polar surface area (TPSA) is 95.4 Å². The van der Waals surface area contributed by atoms with Gasteiger partial charge in [0.1, 0.15) is 0 Å². The Morgan fingerprint density at radius 1 is 1.23 bits per heavy atom. The highest BCUT2D eigenvalue weighted by Crippen LogP contribution is 2.25. The number of sulfonamides is 1. The highest BCUT2D eigenvalue weighted by molar-refractivity contribution is 7.88. The Morgan fingerprint density at radius 2 is 1.73 bits per heavy atom. The molecule has 130 valence electrons. The largest absolute Gasteiger partial charge is 0.376 e. The molecule has 0 spiro atoms. The predicted octanol–water partition coefficient (Wildman–Crippen LogP) is 3.18. The van der Waals surface area contributed by atoms with Crippen LogP contribution in [0.25, 0.3) is 10.4 Å². The minimum absolute atomic E-state index is 0.0394. The molecule has 0 amide bonds. The Kier molecular flexibility index (Phi) is 7.35. The molecule has 22 heavy (non-hydrogen) atoms. The summed E-state index contributed by atoms with van der Waals surface area (Å²) in [5, 5.41) is 3.55. The van der Waals surface area contributed by atoms with Crippen LogP contribution in [0.4, 0.5) is 0 Å². The highest BCUT2D eigenvalue weighted by Gasteiger charge is 2.36. The van der Waals surface area contributed by atoms with Gasteiger partial charge >= 0.3 is 0 Å². The summed E-state index contributed by atoms with van der Waals surface area (Å²) in [4.78, 5) is 2.75. The van der Waals surface area contributed by atoms with Gasteiger partial charge in [0.15, 0.2) is 0 Å². The summed E-state index contributed by atoms with van der Waals surface area (Å²) in [6.07, 6.45) is 1.11. The lowest BCUT2D eigenvalue weighted by Gasteiger charge is -2.40. The van der Waals surface area contributed by atoms with Crippen LogP contribution in [0, 0.1) is 5.41 Å². The van der Waals surface area contributed by atoms with Crippen LogP contribution in [0.1, 0.15) is 48.5 Å². The molecule has 0 N–H and O–H groups in total. The molecule has 2 atom stereocenters. The molecular formula is C14H30N4O3S. The number of nitrogens with zero attached hydrogens (tertiary/aromatic N) is 4. The van der Waals surface area contributed by atoms with Crippen molar-refractivity contribution < 1.29 is 13.2 Å². The lowest BCUT2D eigenvalue weighted by molar-refractivity contribution is -0.0292. The average molecular weight is 334 g/mol. The van der Waals surface area contributed by atoms with Crippen molar-refractivity contribution in [2.45, 2.75) is 66.2 Å². The van der Waals surface area contributed by atoms with Gasteiger partial charge in [0, 0.05) is 17.0 Å². The van der Waals surface area contributed by atoms with E-state index >= 15 is 0 Å². The van der Waals surface area contributed by atoms with Crippen molar-refractivity contribution in [3.8, 4) is 0 Å². The van der Waals surface area contributed by atoms with Crippen LogP contribution in [0.15, 0.2) is 5.11 Å². The minimum atomic E-state index is -3.47. The Bertz CT molecular complexity index is 499. The van der Waals surface area contributed by atoms with Crippen LogP contribution < -0.4 is 0 Å². The first kappa shape index (κ1) is 21.2. The van der Waals surface area contributed by atoms with E-state index in [1.54, 1.807) is 0 Å². The molecule has 0 bridgehead atoms. The molecule has 0 heterocycles. The zero-order valence-electron chi connectivity index (χ0n) is 15.0. The van der Waals surface area contributed by atoms with E-state index in [2.05, 4.69) is 30.8 Å². The van der Waals surface area contributed by atoms with Gasteiger partial charge in [-0.05, 0) is 38.6 Å². The van der Waals surface area contributed by atoms with E-state index in [4.69, 9.17) is 10.3 Å². The molecule has 0 aliphatic rings. The van der Waals surface area contributed by atoms with Gasteiger partial charge in [-0.3, -0.25) is 0 Å². The second-order valence-electron chi connectivity index (χ2n) is 7.64. The molecular weight excluding hydrogens is 304 g/mol. The maximum absolute atomic E-state index is 12.2. The van der Waals surface area contributed by atoms with Crippen LogP contribution in [0.2, 0.25) is 0 Å². The third kappa shape index (κ3) is 6.96. The molecule has 0 rings (SSSR count). The number of hydrogen-bond donors (Lipinski definition) is 0. The molecule has 0 aliphatic heterocycles. The summed E-state index contributed by atoms with van der Waals surface area (Å²) < 4.78 is 31.5. The summed E-state index contributed by atoms with van der Waals surface area (Å²) in [6, 6.07) is -0.532. The predicted molar refractivity (Wildman–Crippen MR) is 89.1 cm³/mol. The smallest absolute Gasteiger partial charge is 0.212 e. The third-order valence-electron chi connectivity index (χ3n) is 3.46. The zero-order chi connectivity index (χ0) is 17.8. The highest BCUT2D eigenvalue weighted by atomic mass is 32.2. The van der Waals surface area contributed by atoms with Crippen molar-refractivity contribution in [2.75, 3.05) is 19.4 Å². The van der Waals surface area contributed by atoms with Crippen LogP contribution in [0.5, 0.6) is 0 Å². The Labute approximate surface area is 134 Å². The average Bonchev–Trinajstić information content (AvgIpc) is 2.27. The summed E-state index contributed by atoms with van der Waals surface area (Å²) in [6.45, 7) is 13.8. The summed E-state index contributed by atoms with van der Waals surface area (Å²) in [7, 11) is -3.47. The van der Waals surface area contributed by atoms with Gasteiger partial charge in [-0.25, -0.2) is 8.42 Å². The normalized spacial score (nSPS) is 16.2. The first-order chi connectivity index (χ1) is 9.71. The SMILES string of the molecule is CC(OCC(CN=[N+]=[N-])N(C(C)(C)C)S(C)(=O)=O)C(C)(C)C. The van der Waals surface area contributed by atoms with Crippen molar-refractivity contribution in [3.63, 3.8) is 0 Å². The fourth-order valence-corrected chi connectivity index (χ4v) is 3.81. The number of azide groups is 1. The van der Waals surface area contributed by atoms with Crippen LogP contribution in [0.3, 0.4) is 0 Å². The molecule has 8 heteroatoms. The van der Waals surface area contributed by atoms with Gasteiger partial charge in [0.05, 0.1) is 25.0 Å². The van der Waals surface area contributed by atoms with Crippen LogP contribution >= 0.6 is 0 Å². The molecule has 7 nitrogen and oxygen atoms in total. The van der Waals surface area contributed by atoms with Crippen molar-refractivity contribution in [1.82, 2.24) is 4.31 Å². The van der Waals surface area contributed by atoms with E-state index in [-0.39, 0.29) is 24.7 Å². The minimum Gasteiger partial charge on any atom is -0.376 e. The molecule has 0 aromatic heterocycles. The molecule has 0 aromatic rings. The fraction of sp³-hybridized carbons (Fsp3) is 1.00. The molecule has 0 saturated heterocycles. The lowest BCUT2D eigenvalue weighted by atomic mass is 9.90. The van der Waals surface area contributed by atoms with Crippen LogP contribution in [-0.4, -0.2) is 49.8 Å². The van der Waals surface area contributed by atoms with Crippen molar-refractivity contribution in [3.05, 3.63) is 10.4 Å². The molecule has 0 fully saturated rings. The molecule has 0 radical (unpaired) electrons. The van der Waals surface area contributed by atoms with E-state index in [1.807, 2.05) is 27.7 Å². The van der Waals surface area contributed by atoms with Gasteiger partial charge in [-0.2, -0.15) is 4.31 Å². The Morgan fingerprint density at radius 3 is 2.05 bits per heavy atom. The summed E-state index contributed by atoms with van der Waals surface area (Å²) in [5.74, 6) is 0. The molecule has 0 aromatic carbocycles. The maximum Gasteiger partial charge on any atom is 0.212 e. The second-order valence-corrected chi connectivity index (χ2v) is 9.50. The van der Waals surface area contributed by atoms with E-state index in [1.165, 1.54) is 4.31 Å². The number of hydrogen-bond acceptors (Lipinski definition) is 4. The van der Waals surface area contributed by atoms with E-state index in [0.29, 0.717) is 0 Å². The fourth-order valence-electron chi connectivity index (χ4n) is 2.15. The molecule has 0 saturated carbocycles. The van der Waals surface area contributed by atoms with Gasteiger partial charge in [0.2, 0.25) is 10.0 Å². The second kappa shape index (κ2) is 7.64. The van der Waals surface area contributed by atoms with Crippen molar-refractivity contribution >= 4 is 10.0 Å².